The molecule has 1 unspecified atom stereocenters. The molecule has 2 heterocycles. The summed E-state index contributed by atoms with van der Waals surface area (Å²) >= 11 is 7.17. The highest BCUT2D eigenvalue weighted by Gasteiger charge is 2.25. The minimum atomic E-state index is -0.416. The highest BCUT2D eigenvalue weighted by molar-refractivity contribution is 8.18. The van der Waals surface area contributed by atoms with Crippen LogP contribution in [-0.2, 0) is 20.7 Å². The van der Waals surface area contributed by atoms with E-state index >= 15 is 0 Å². The number of hydrogen-bond donors (Lipinski definition) is 2. The van der Waals surface area contributed by atoms with Crippen LogP contribution < -0.4 is 15.4 Å². The highest BCUT2D eigenvalue weighted by atomic mass is 35.5. The topological polar surface area (TPSA) is 93.7 Å². The van der Waals surface area contributed by atoms with E-state index in [1.54, 1.807) is 24.3 Å². The maximum Gasteiger partial charge on any atom is 0.290 e. The number of halogens is 1. The highest BCUT2D eigenvalue weighted by Crippen LogP contribution is 2.32. The number of thioether (sulfide) groups is 1. The van der Waals surface area contributed by atoms with Crippen LogP contribution in [-0.4, -0.2) is 36.3 Å². The Hall–Kier alpha value is -2.81. The molecule has 4 rings (SSSR count). The first-order valence-corrected chi connectivity index (χ1v) is 10.3. The van der Waals surface area contributed by atoms with Crippen LogP contribution in [0.4, 0.5) is 4.79 Å². The van der Waals surface area contributed by atoms with Gasteiger partial charge < -0.3 is 14.8 Å². The van der Waals surface area contributed by atoms with Crippen LogP contribution >= 0.6 is 23.4 Å². The normalized spacial score (nSPS) is 20.2. The summed E-state index contributed by atoms with van der Waals surface area (Å²) in [4.78, 5) is 34.6. The van der Waals surface area contributed by atoms with Crippen molar-refractivity contribution in [1.82, 2.24) is 10.6 Å². The molecule has 0 aromatic heterocycles. The Morgan fingerprint density at radius 2 is 1.97 bits per heavy atom. The van der Waals surface area contributed by atoms with Gasteiger partial charge in [-0.1, -0.05) is 29.8 Å². The van der Waals surface area contributed by atoms with Crippen LogP contribution in [0.2, 0.25) is 5.02 Å². The molecule has 0 radical (unpaired) electrons. The van der Waals surface area contributed by atoms with Crippen molar-refractivity contribution < 1.29 is 23.9 Å². The van der Waals surface area contributed by atoms with Crippen molar-refractivity contribution >= 4 is 46.5 Å². The summed E-state index contributed by atoms with van der Waals surface area (Å²) in [6, 6.07) is 12.6. The number of rotatable bonds is 5. The lowest BCUT2D eigenvalue weighted by Gasteiger charge is -2.23. The van der Waals surface area contributed by atoms with E-state index in [9.17, 15) is 14.4 Å². The Morgan fingerprint density at radius 1 is 1.17 bits per heavy atom. The lowest BCUT2D eigenvalue weighted by atomic mass is 10.1. The third-order valence-corrected chi connectivity index (χ3v) is 5.55. The van der Waals surface area contributed by atoms with Gasteiger partial charge in [-0.15, -0.1) is 0 Å². The first-order chi connectivity index (χ1) is 14.5. The van der Waals surface area contributed by atoms with Crippen LogP contribution in [0, 0.1) is 0 Å². The van der Waals surface area contributed by atoms with Crippen LogP contribution in [0.5, 0.6) is 11.5 Å². The largest absolute Gasteiger partial charge is 0.456 e. The van der Waals surface area contributed by atoms with Crippen molar-refractivity contribution in [3.05, 3.63) is 63.5 Å². The van der Waals surface area contributed by atoms with E-state index in [1.165, 1.54) is 0 Å². The van der Waals surface area contributed by atoms with Gasteiger partial charge in [-0.2, -0.15) is 0 Å². The van der Waals surface area contributed by atoms with Crippen molar-refractivity contribution in [2.75, 3.05) is 13.2 Å². The molecule has 0 saturated carbocycles. The van der Waals surface area contributed by atoms with Crippen molar-refractivity contribution in [1.29, 1.82) is 0 Å². The van der Waals surface area contributed by atoms with E-state index in [0.717, 1.165) is 17.3 Å². The monoisotopic (exact) mass is 444 g/mol. The van der Waals surface area contributed by atoms with Gasteiger partial charge in [0.05, 0.1) is 22.6 Å². The summed E-state index contributed by atoms with van der Waals surface area (Å²) in [5, 5.41) is 5.10. The predicted octanol–water partition coefficient (Wildman–Crippen LogP) is 3.51. The Kier molecular flexibility index (Phi) is 6.08. The van der Waals surface area contributed by atoms with Gasteiger partial charge in [-0.25, -0.2) is 0 Å². The van der Waals surface area contributed by atoms with Gasteiger partial charge in [0.15, 0.2) is 0 Å². The Morgan fingerprint density at radius 3 is 2.63 bits per heavy atom. The smallest absolute Gasteiger partial charge is 0.290 e. The van der Waals surface area contributed by atoms with Gasteiger partial charge in [-0.05, 0) is 59.7 Å². The summed E-state index contributed by atoms with van der Waals surface area (Å²) in [6.07, 6.45) is 2.27. The molecule has 0 spiro atoms. The zero-order valence-corrected chi connectivity index (χ0v) is 17.2. The van der Waals surface area contributed by atoms with Gasteiger partial charge in [-0.3, -0.25) is 19.7 Å². The average Bonchev–Trinajstić information content (AvgIpc) is 3.02. The van der Waals surface area contributed by atoms with Gasteiger partial charge >= 0.3 is 0 Å². The minimum absolute atomic E-state index is 0.0375. The molecule has 2 aliphatic heterocycles. The number of nitrogens with one attached hydrogen (secondary N) is 2. The summed E-state index contributed by atoms with van der Waals surface area (Å²) in [7, 11) is 0. The predicted molar refractivity (Wildman–Crippen MR) is 114 cm³/mol. The fourth-order valence-electron chi connectivity index (χ4n) is 3.08. The van der Waals surface area contributed by atoms with E-state index in [1.807, 2.05) is 24.3 Å². The molecule has 3 amide bonds. The van der Waals surface area contributed by atoms with Gasteiger partial charge in [0.2, 0.25) is 5.91 Å². The lowest BCUT2D eigenvalue weighted by molar-refractivity contribution is -0.131. The molecule has 154 valence electrons. The molecule has 9 heteroatoms. The van der Waals surface area contributed by atoms with Gasteiger partial charge in [0, 0.05) is 0 Å². The summed E-state index contributed by atoms with van der Waals surface area (Å²) in [5.41, 5.74) is 1.74. The van der Waals surface area contributed by atoms with E-state index < -0.39 is 5.91 Å². The van der Waals surface area contributed by atoms with E-state index in [-0.39, 0.29) is 23.8 Å². The van der Waals surface area contributed by atoms with Crippen molar-refractivity contribution in [2.45, 2.75) is 12.5 Å². The van der Waals surface area contributed by atoms with E-state index in [4.69, 9.17) is 21.1 Å². The summed E-state index contributed by atoms with van der Waals surface area (Å²) in [5.74, 6) is 0.575. The number of ether oxygens (including phenoxy) is 2. The first-order valence-electron chi connectivity index (χ1n) is 9.14. The second-order valence-electron chi connectivity index (χ2n) is 6.77. The van der Waals surface area contributed by atoms with Crippen LogP contribution in [0.3, 0.4) is 0 Å². The second-order valence-corrected chi connectivity index (χ2v) is 8.19. The molecule has 2 aliphatic rings. The zero-order chi connectivity index (χ0) is 21.1. The maximum absolute atomic E-state index is 11.6. The number of amides is 3. The third-order valence-electron chi connectivity index (χ3n) is 4.45. The molecular weight excluding hydrogens is 428 g/mol. The van der Waals surface area contributed by atoms with E-state index in [2.05, 4.69) is 10.6 Å². The Balaban J connectivity index is 1.40. The molecular formula is C21H17ClN2O5S. The van der Waals surface area contributed by atoms with Gasteiger partial charge in [0.1, 0.15) is 18.1 Å². The molecule has 2 aromatic rings. The number of morpholine rings is 1. The number of carbonyl (C=O) groups excluding carboxylic acids is 3. The maximum atomic E-state index is 11.6. The SMILES string of the molecule is O=C1COCC(Cc2ccc(Oc3ccc(C=C4SC(=O)NC4=O)cc3Cl)cc2)N1. The van der Waals surface area contributed by atoms with Crippen molar-refractivity contribution in [2.24, 2.45) is 0 Å². The zero-order valence-electron chi connectivity index (χ0n) is 15.6. The molecule has 0 aliphatic carbocycles. The summed E-state index contributed by atoms with van der Waals surface area (Å²) < 4.78 is 11.1. The summed E-state index contributed by atoms with van der Waals surface area (Å²) in [6.45, 7) is 0.612. The standard InChI is InChI=1S/C21H17ClN2O5S/c22-16-8-13(9-18-20(26)24-21(27)30-18)3-6-17(16)29-15-4-1-12(2-5-15)7-14-10-28-11-19(25)23-14/h1-6,8-9,14H,7,10-11H2,(H,23,25)(H,24,26,27). The number of benzene rings is 2. The molecule has 2 fully saturated rings. The molecule has 1 atom stereocenters. The molecule has 2 saturated heterocycles. The van der Waals surface area contributed by atoms with Crippen LogP contribution in [0.1, 0.15) is 11.1 Å². The second kappa shape index (κ2) is 8.91. The lowest BCUT2D eigenvalue weighted by Crippen LogP contribution is -2.46. The molecule has 30 heavy (non-hydrogen) atoms. The minimum Gasteiger partial charge on any atom is -0.456 e. The Labute approximate surface area is 181 Å². The van der Waals surface area contributed by atoms with Crippen molar-refractivity contribution in [3.8, 4) is 11.5 Å². The Bertz CT molecular complexity index is 1040. The van der Waals surface area contributed by atoms with Crippen LogP contribution in [0.25, 0.3) is 6.08 Å². The first kappa shape index (κ1) is 20.5. The average molecular weight is 445 g/mol. The molecule has 7 nitrogen and oxygen atoms in total. The molecule has 2 aromatic carbocycles. The number of imide groups is 1. The molecule has 2 N–H and O–H groups in total. The number of carbonyl (C=O) groups is 3. The van der Waals surface area contributed by atoms with Crippen molar-refractivity contribution in [3.63, 3.8) is 0 Å². The fraction of sp³-hybridized carbons (Fsp3) is 0.190. The number of hydrogen-bond acceptors (Lipinski definition) is 6. The quantitative estimate of drug-likeness (QED) is 0.685. The fourth-order valence-corrected chi connectivity index (χ4v) is 3.99. The van der Waals surface area contributed by atoms with E-state index in [0.29, 0.717) is 40.0 Å². The van der Waals surface area contributed by atoms with Crippen LogP contribution in [0.15, 0.2) is 47.4 Å². The third kappa shape index (κ3) is 5.02. The molecule has 0 bridgehead atoms. The van der Waals surface area contributed by atoms with Gasteiger partial charge in [0.25, 0.3) is 11.1 Å².